The van der Waals surface area contributed by atoms with Gasteiger partial charge >= 0.3 is 5.97 Å². The summed E-state index contributed by atoms with van der Waals surface area (Å²) in [5.74, 6) is -0.904. The lowest BCUT2D eigenvalue weighted by Gasteiger charge is -2.31. The minimum atomic E-state index is -1.04. The van der Waals surface area contributed by atoms with Crippen molar-refractivity contribution < 1.29 is 24.2 Å². The molecule has 2 atom stereocenters. The van der Waals surface area contributed by atoms with Gasteiger partial charge in [-0.05, 0) is 19.4 Å². The molecular formula is C13H17N3O5. The van der Waals surface area contributed by atoms with Crippen LogP contribution in [-0.2, 0) is 14.3 Å². The van der Waals surface area contributed by atoms with Gasteiger partial charge in [-0.25, -0.2) is 14.8 Å². The zero-order chi connectivity index (χ0) is 15.2. The third-order valence-corrected chi connectivity index (χ3v) is 3.04. The number of hydrogen-bond acceptors (Lipinski definition) is 6. The van der Waals surface area contributed by atoms with Crippen LogP contribution in [0.5, 0.6) is 0 Å². The second-order valence-electron chi connectivity index (χ2n) is 4.68. The van der Waals surface area contributed by atoms with Gasteiger partial charge in [-0.2, -0.15) is 0 Å². The molecule has 0 spiro atoms. The van der Waals surface area contributed by atoms with Crippen LogP contribution in [0.15, 0.2) is 12.3 Å². The van der Waals surface area contributed by atoms with Crippen LogP contribution in [0, 0.1) is 6.92 Å². The Labute approximate surface area is 121 Å². The van der Waals surface area contributed by atoms with E-state index in [1.807, 2.05) is 0 Å². The highest BCUT2D eigenvalue weighted by Crippen LogP contribution is 2.12. The zero-order valence-corrected chi connectivity index (χ0v) is 11.6. The lowest BCUT2D eigenvalue weighted by molar-refractivity contribution is -0.147. The smallest absolute Gasteiger partial charge is 0.329 e. The summed E-state index contributed by atoms with van der Waals surface area (Å²) in [5, 5.41) is 11.4. The number of ether oxygens (including phenoxy) is 2. The van der Waals surface area contributed by atoms with E-state index in [9.17, 15) is 9.59 Å². The van der Waals surface area contributed by atoms with Gasteiger partial charge in [0.25, 0.3) is 5.91 Å². The number of aliphatic carboxylic acids is 1. The van der Waals surface area contributed by atoms with E-state index in [0.29, 0.717) is 18.9 Å². The molecule has 1 aromatic heterocycles. The van der Waals surface area contributed by atoms with E-state index in [-0.39, 0.29) is 24.3 Å². The summed E-state index contributed by atoms with van der Waals surface area (Å²) in [6.07, 6.45) is 1.65. The Hall–Kier alpha value is -2.06. The van der Waals surface area contributed by atoms with Crippen LogP contribution in [0.4, 0.5) is 0 Å². The van der Waals surface area contributed by atoms with Gasteiger partial charge in [0, 0.05) is 12.8 Å². The molecule has 21 heavy (non-hydrogen) atoms. The first kappa shape index (κ1) is 15.3. The van der Waals surface area contributed by atoms with E-state index in [2.05, 4.69) is 15.3 Å². The van der Waals surface area contributed by atoms with E-state index in [0.717, 1.165) is 0 Å². The quantitative estimate of drug-likeness (QED) is 0.772. The molecule has 1 aliphatic heterocycles. The molecule has 1 aliphatic rings. The number of nitrogens with one attached hydrogen (secondary N) is 1. The number of carboxylic acid groups (broad SMARTS) is 1. The zero-order valence-electron chi connectivity index (χ0n) is 11.6. The van der Waals surface area contributed by atoms with Crippen molar-refractivity contribution in [2.45, 2.75) is 25.5 Å². The van der Waals surface area contributed by atoms with Gasteiger partial charge in [-0.1, -0.05) is 0 Å². The fourth-order valence-electron chi connectivity index (χ4n) is 2.06. The molecule has 1 amide bonds. The average Bonchev–Trinajstić information content (AvgIpc) is 2.46. The first-order valence-corrected chi connectivity index (χ1v) is 6.58. The maximum absolute atomic E-state index is 12.1. The second kappa shape index (κ2) is 7.09. The fraction of sp³-hybridized carbons (Fsp3) is 0.538. The standard InChI is InChI=1S/C13H17N3O5/c1-8-14-4-2-9(15-8)13(19)16-10-6-20-5-3-11(10)21-7-12(17)18/h2,4,10-11H,3,5-7H2,1H3,(H,16,19)(H,17,18)/t10-,11+/m1/s1. The van der Waals surface area contributed by atoms with Crippen LogP contribution in [0.1, 0.15) is 22.7 Å². The number of carbonyl (C=O) groups is 2. The third kappa shape index (κ3) is 4.47. The Bertz CT molecular complexity index is 522. The summed E-state index contributed by atoms with van der Waals surface area (Å²) in [4.78, 5) is 30.7. The minimum absolute atomic E-state index is 0.255. The summed E-state index contributed by atoms with van der Waals surface area (Å²) in [5.41, 5.74) is 0.255. The van der Waals surface area contributed by atoms with Gasteiger partial charge in [-0.15, -0.1) is 0 Å². The number of aryl methyl sites for hydroxylation is 1. The highest BCUT2D eigenvalue weighted by atomic mass is 16.5. The number of rotatable bonds is 5. The second-order valence-corrected chi connectivity index (χ2v) is 4.68. The van der Waals surface area contributed by atoms with Gasteiger partial charge in [-0.3, -0.25) is 4.79 Å². The maximum atomic E-state index is 12.1. The molecule has 114 valence electrons. The molecule has 1 fully saturated rings. The van der Waals surface area contributed by atoms with Crippen LogP contribution in [-0.4, -0.2) is 58.9 Å². The summed E-state index contributed by atoms with van der Waals surface area (Å²) in [6.45, 7) is 2.05. The summed E-state index contributed by atoms with van der Waals surface area (Å²) < 4.78 is 10.6. The highest BCUT2D eigenvalue weighted by Gasteiger charge is 2.29. The molecule has 0 saturated carbocycles. The number of aromatic nitrogens is 2. The highest BCUT2D eigenvalue weighted by molar-refractivity contribution is 5.92. The first-order chi connectivity index (χ1) is 10.1. The predicted molar refractivity (Wildman–Crippen MR) is 70.8 cm³/mol. The van der Waals surface area contributed by atoms with Crippen molar-refractivity contribution in [3.05, 3.63) is 23.8 Å². The lowest BCUT2D eigenvalue weighted by Crippen LogP contribution is -2.51. The summed E-state index contributed by atoms with van der Waals surface area (Å²) >= 11 is 0. The van der Waals surface area contributed by atoms with E-state index in [1.165, 1.54) is 12.3 Å². The predicted octanol–water partition coefficient (Wildman–Crippen LogP) is -0.226. The van der Waals surface area contributed by atoms with Crippen molar-refractivity contribution in [1.29, 1.82) is 0 Å². The third-order valence-electron chi connectivity index (χ3n) is 3.04. The van der Waals surface area contributed by atoms with E-state index < -0.39 is 18.6 Å². The van der Waals surface area contributed by atoms with Gasteiger partial charge in [0.05, 0.1) is 18.8 Å². The SMILES string of the molecule is Cc1nccc(C(=O)N[C@@H]2COCC[C@@H]2OCC(=O)O)n1. The molecule has 8 heteroatoms. The number of amides is 1. The largest absolute Gasteiger partial charge is 0.480 e. The molecule has 0 unspecified atom stereocenters. The average molecular weight is 295 g/mol. The Morgan fingerprint density at radius 3 is 3.10 bits per heavy atom. The van der Waals surface area contributed by atoms with Crippen LogP contribution < -0.4 is 5.32 Å². The topological polar surface area (TPSA) is 111 Å². The van der Waals surface area contributed by atoms with Crippen LogP contribution in [0.25, 0.3) is 0 Å². The van der Waals surface area contributed by atoms with Gasteiger partial charge in [0.1, 0.15) is 18.1 Å². The van der Waals surface area contributed by atoms with Crippen molar-refractivity contribution >= 4 is 11.9 Å². The number of carbonyl (C=O) groups excluding carboxylic acids is 1. The van der Waals surface area contributed by atoms with Crippen LogP contribution >= 0.6 is 0 Å². The normalized spacial score (nSPS) is 21.8. The number of hydrogen-bond donors (Lipinski definition) is 2. The molecule has 2 rings (SSSR count). The van der Waals surface area contributed by atoms with Crippen molar-refractivity contribution in [2.24, 2.45) is 0 Å². The molecule has 0 bridgehead atoms. The van der Waals surface area contributed by atoms with Crippen molar-refractivity contribution in [3.63, 3.8) is 0 Å². The molecule has 0 aliphatic carbocycles. The van der Waals surface area contributed by atoms with Crippen molar-refractivity contribution in [1.82, 2.24) is 15.3 Å². The fourth-order valence-corrected chi connectivity index (χ4v) is 2.06. The van der Waals surface area contributed by atoms with E-state index >= 15 is 0 Å². The molecule has 0 radical (unpaired) electrons. The summed E-state index contributed by atoms with van der Waals surface area (Å²) in [6, 6.07) is 1.11. The van der Waals surface area contributed by atoms with Crippen molar-refractivity contribution in [3.8, 4) is 0 Å². The molecular weight excluding hydrogens is 278 g/mol. The summed E-state index contributed by atoms with van der Waals surface area (Å²) in [7, 11) is 0. The van der Waals surface area contributed by atoms with Gasteiger partial charge < -0.3 is 19.9 Å². The molecule has 2 N–H and O–H groups in total. The van der Waals surface area contributed by atoms with Crippen LogP contribution in [0.3, 0.4) is 0 Å². The number of nitrogens with zero attached hydrogens (tertiary/aromatic N) is 2. The Morgan fingerprint density at radius 2 is 2.38 bits per heavy atom. The van der Waals surface area contributed by atoms with Crippen molar-refractivity contribution in [2.75, 3.05) is 19.8 Å². The first-order valence-electron chi connectivity index (χ1n) is 6.58. The monoisotopic (exact) mass is 295 g/mol. The molecule has 1 saturated heterocycles. The van der Waals surface area contributed by atoms with E-state index in [1.54, 1.807) is 6.92 Å². The van der Waals surface area contributed by atoms with Gasteiger partial charge in [0.2, 0.25) is 0 Å². The number of carboxylic acids is 1. The molecule has 8 nitrogen and oxygen atoms in total. The van der Waals surface area contributed by atoms with E-state index in [4.69, 9.17) is 14.6 Å². The minimum Gasteiger partial charge on any atom is -0.480 e. The van der Waals surface area contributed by atoms with Gasteiger partial charge in [0.15, 0.2) is 0 Å². The lowest BCUT2D eigenvalue weighted by atomic mass is 10.1. The Balaban J connectivity index is 1.98. The maximum Gasteiger partial charge on any atom is 0.329 e. The van der Waals surface area contributed by atoms with Crippen LogP contribution in [0.2, 0.25) is 0 Å². The Kier molecular flexibility index (Phi) is 5.18. The molecule has 0 aromatic carbocycles. The Morgan fingerprint density at radius 1 is 1.57 bits per heavy atom. The molecule has 1 aromatic rings. The molecule has 2 heterocycles.